The van der Waals surface area contributed by atoms with Crippen LogP contribution in [-0.2, 0) is 0 Å². The van der Waals surface area contributed by atoms with Gasteiger partial charge in [-0.05, 0) is 43.4 Å². The molecule has 1 aliphatic carbocycles. The number of nitrogens with zero attached hydrogens (tertiary/aromatic N) is 1. The Morgan fingerprint density at radius 1 is 1.41 bits per heavy atom. The zero-order valence-electron chi connectivity index (χ0n) is 9.91. The molecule has 2 aromatic rings. The monoisotopic (exact) mass is 243 g/mol. The molecule has 0 N–H and O–H groups in total. The summed E-state index contributed by atoms with van der Waals surface area (Å²) in [6, 6.07) is 4.11. The van der Waals surface area contributed by atoms with Gasteiger partial charge in [0.05, 0.1) is 17.3 Å². The minimum Gasteiger partial charge on any atom is -0.496 e. The number of aromatic nitrogens is 1. The Morgan fingerprint density at radius 3 is 2.94 bits per heavy atom. The molecule has 0 atom stereocenters. The smallest absolute Gasteiger partial charge is 0.168 e. The third kappa shape index (κ3) is 2.13. The number of hydrogen-bond donors (Lipinski definition) is 0. The van der Waals surface area contributed by atoms with E-state index < -0.39 is 0 Å². The molecular weight excluding hydrogens is 230 g/mol. The van der Waals surface area contributed by atoms with Crippen LogP contribution in [0.2, 0.25) is 0 Å². The van der Waals surface area contributed by atoms with Crippen molar-refractivity contribution in [1.29, 1.82) is 0 Å². The maximum absolute atomic E-state index is 5.31. The summed E-state index contributed by atoms with van der Waals surface area (Å²) in [5.74, 6) is 7.96. The molecule has 1 saturated carbocycles. The number of thiazole rings is 1. The number of benzene rings is 1. The first-order valence-electron chi connectivity index (χ1n) is 5.73. The summed E-state index contributed by atoms with van der Waals surface area (Å²) in [6.07, 6.45) is 2.51. The van der Waals surface area contributed by atoms with Crippen LogP contribution >= 0.6 is 11.3 Å². The predicted molar refractivity (Wildman–Crippen MR) is 70.5 cm³/mol. The molecule has 0 unspecified atom stereocenters. The fraction of sp³-hybridized carbons (Fsp3) is 0.357. The van der Waals surface area contributed by atoms with E-state index in [0.717, 1.165) is 26.5 Å². The highest BCUT2D eigenvalue weighted by Crippen LogP contribution is 2.30. The van der Waals surface area contributed by atoms with Gasteiger partial charge in [0.1, 0.15) is 5.75 Å². The molecule has 3 rings (SSSR count). The number of ether oxygens (including phenoxy) is 1. The largest absolute Gasteiger partial charge is 0.496 e. The van der Waals surface area contributed by atoms with Crippen molar-refractivity contribution in [1.82, 2.24) is 4.98 Å². The maximum atomic E-state index is 5.31. The third-order valence-corrected chi connectivity index (χ3v) is 3.80. The Bertz CT molecular complexity index is 629. The predicted octanol–water partition coefficient (Wildman–Crippen LogP) is 3.37. The van der Waals surface area contributed by atoms with E-state index >= 15 is 0 Å². The number of hydrogen-bond acceptors (Lipinski definition) is 3. The van der Waals surface area contributed by atoms with Crippen molar-refractivity contribution in [2.75, 3.05) is 7.11 Å². The van der Waals surface area contributed by atoms with Crippen molar-refractivity contribution in [2.45, 2.75) is 19.8 Å². The molecule has 1 aromatic heterocycles. The van der Waals surface area contributed by atoms with E-state index in [2.05, 4.69) is 22.9 Å². The molecule has 0 spiro atoms. The average molecular weight is 243 g/mol. The van der Waals surface area contributed by atoms with E-state index in [0.29, 0.717) is 5.92 Å². The van der Waals surface area contributed by atoms with Crippen LogP contribution < -0.4 is 4.74 Å². The molecule has 17 heavy (non-hydrogen) atoms. The minimum absolute atomic E-state index is 0.623. The molecule has 86 valence electrons. The van der Waals surface area contributed by atoms with Gasteiger partial charge >= 0.3 is 0 Å². The Hall–Kier alpha value is -1.53. The number of rotatable bonds is 1. The van der Waals surface area contributed by atoms with Crippen molar-refractivity contribution in [3.63, 3.8) is 0 Å². The highest BCUT2D eigenvalue weighted by molar-refractivity contribution is 7.19. The normalized spacial score (nSPS) is 14.5. The Labute approximate surface area is 105 Å². The molecule has 0 aliphatic heterocycles. The average Bonchev–Trinajstić information content (AvgIpc) is 3.06. The second kappa shape index (κ2) is 4.05. The van der Waals surface area contributed by atoms with Crippen LogP contribution in [0.15, 0.2) is 12.1 Å². The van der Waals surface area contributed by atoms with Gasteiger partial charge in [-0.2, -0.15) is 0 Å². The van der Waals surface area contributed by atoms with Gasteiger partial charge in [-0.1, -0.05) is 5.92 Å². The number of fused-ring (bicyclic) bond motifs is 1. The van der Waals surface area contributed by atoms with Crippen molar-refractivity contribution in [3.05, 3.63) is 22.7 Å². The van der Waals surface area contributed by atoms with E-state index in [9.17, 15) is 0 Å². The Kier molecular flexibility index (Phi) is 2.53. The second-order valence-electron chi connectivity index (χ2n) is 4.35. The summed E-state index contributed by atoms with van der Waals surface area (Å²) in [5.41, 5.74) is 2.14. The second-order valence-corrected chi connectivity index (χ2v) is 5.38. The number of methoxy groups -OCH3 is 1. The molecule has 1 heterocycles. The lowest BCUT2D eigenvalue weighted by atomic mass is 10.2. The molecule has 1 fully saturated rings. The van der Waals surface area contributed by atoms with Crippen LogP contribution in [-0.4, -0.2) is 12.1 Å². The van der Waals surface area contributed by atoms with E-state index in [1.807, 2.05) is 13.0 Å². The first-order valence-corrected chi connectivity index (χ1v) is 6.54. The zero-order chi connectivity index (χ0) is 11.8. The summed E-state index contributed by atoms with van der Waals surface area (Å²) >= 11 is 1.64. The molecule has 3 heteroatoms. The molecule has 0 saturated heterocycles. The van der Waals surface area contributed by atoms with Gasteiger partial charge in [0.2, 0.25) is 0 Å². The SMILES string of the molecule is COc1cc2sc(C#CC3CC3)nc2cc1C. The first kappa shape index (κ1) is 10.6. The molecule has 2 nitrogen and oxygen atoms in total. The van der Waals surface area contributed by atoms with Crippen LogP contribution in [0, 0.1) is 24.7 Å². The van der Waals surface area contributed by atoms with Gasteiger partial charge in [-0.25, -0.2) is 4.98 Å². The van der Waals surface area contributed by atoms with E-state index in [1.165, 1.54) is 12.8 Å². The Morgan fingerprint density at radius 2 is 2.24 bits per heavy atom. The quantitative estimate of drug-likeness (QED) is 0.716. The van der Waals surface area contributed by atoms with Gasteiger partial charge < -0.3 is 4.74 Å². The minimum atomic E-state index is 0.623. The summed E-state index contributed by atoms with van der Waals surface area (Å²) in [5, 5.41) is 0.916. The van der Waals surface area contributed by atoms with Crippen LogP contribution in [0.5, 0.6) is 5.75 Å². The molecule has 1 aliphatic rings. The van der Waals surface area contributed by atoms with Crippen LogP contribution in [0.25, 0.3) is 10.2 Å². The highest BCUT2D eigenvalue weighted by Gasteiger charge is 2.18. The fourth-order valence-electron chi connectivity index (χ4n) is 1.72. The number of aryl methyl sites for hydroxylation is 1. The van der Waals surface area contributed by atoms with Crippen LogP contribution in [0.4, 0.5) is 0 Å². The topological polar surface area (TPSA) is 22.1 Å². The van der Waals surface area contributed by atoms with Gasteiger partial charge in [0.15, 0.2) is 5.01 Å². The van der Waals surface area contributed by atoms with Gasteiger partial charge in [0.25, 0.3) is 0 Å². The van der Waals surface area contributed by atoms with E-state index in [1.54, 1.807) is 18.4 Å². The molecule has 1 aromatic carbocycles. The molecule has 0 bridgehead atoms. The van der Waals surface area contributed by atoms with E-state index in [4.69, 9.17) is 4.74 Å². The van der Waals surface area contributed by atoms with Crippen LogP contribution in [0.3, 0.4) is 0 Å². The lowest BCUT2D eigenvalue weighted by Crippen LogP contribution is -1.85. The third-order valence-electron chi connectivity index (χ3n) is 2.87. The lowest BCUT2D eigenvalue weighted by molar-refractivity contribution is 0.412. The summed E-state index contributed by atoms with van der Waals surface area (Å²) in [4.78, 5) is 4.54. The zero-order valence-corrected chi connectivity index (χ0v) is 10.7. The fourth-order valence-corrected chi connectivity index (χ4v) is 2.56. The van der Waals surface area contributed by atoms with Crippen LogP contribution in [0.1, 0.15) is 23.4 Å². The molecule has 0 radical (unpaired) electrons. The summed E-state index contributed by atoms with van der Waals surface area (Å²) in [7, 11) is 1.70. The first-order chi connectivity index (χ1) is 8.26. The molecular formula is C14H13NOS. The standard InChI is InChI=1S/C14H13NOS/c1-9-7-11-13(8-12(9)16-2)17-14(15-11)6-5-10-3-4-10/h7-8,10H,3-4H2,1-2H3. The van der Waals surface area contributed by atoms with Gasteiger partial charge in [-0.3, -0.25) is 0 Å². The summed E-state index contributed by atoms with van der Waals surface area (Å²) in [6.45, 7) is 2.03. The Balaban J connectivity index is 2.03. The highest BCUT2D eigenvalue weighted by atomic mass is 32.1. The van der Waals surface area contributed by atoms with Crippen molar-refractivity contribution in [3.8, 4) is 17.6 Å². The lowest BCUT2D eigenvalue weighted by Gasteiger charge is -2.02. The van der Waals surface area contributed by atoms with Crippen molar-refractivity contribution >= 4 is 21.6 Å². The molecule has 0 amide bonds. The maximum Gasteiger partial charge on any atom is 0.168 e. The van der Waals surface area contributed by atoms with Crippen molar-refractivity contribution in [2.24, 2.45) is 5.92 Å². The summed E-state index contributed by atoms with van der Waals surface area (Å²) < 4.78 is 6.46. The van der Waals surface area contributed by atoms with Gasteiger partial charge in [0, 0.05) is 5.92 Å². The van der Waals surface area contributed by atoms with Gasteiger partial charge in [-0.15, -0.1) is 11.3 Å². The van der Waals surface area contributed by atoms with E-state index in [-0.39, 0.29) is 0 Å². The van der Waals surface area contributed by atoms with Crippen molar-refractivity contribution < 1.29 is 4.74 Å².